The van der Waals surface area contributed by atoms with Crippen molar-refractivity contribution in [3.05, 3.63) is 28.7 Å². The number of allylic oxidation sites excluding steroid dienone is 1. The predicted molar refractivity (Wildman–Crippen MR) is 95.8 cm³/mol. The number of aliphatic carboxylic acids is 1. The van der Waals surface area contributed by atoms with Crippen molar-refractivity contribution in [2.75, 3.05) is 0 Å². The molecule has 1 heterocycles. The minimum Gasteiger partial charge on any atom is -0.481 e. The molecular weight excluding hydrogens is 288 g/mol. The van der Waals surface area contributed by atoms with E-state index in [0.29, 0.717) is 6.42 Å². The maximum absolute atomic E-state index is 10.4. The molecule has 0 saturated carbocycles. The first-order valence-corrected chi connectivity index (χ1v) is 9.03. The van der Waals surface area contributed by atoms with Gasteiger partial charge >= 0.3 is 5.97 Å². The maximum atomic E-state index is 10.4. The summed E-state index contributed by atoms with van der Waals surface area (Å²) in [6, 6.07) is 0. The third kappa shape index (κ3) is 7.54. The van der Waals surface area contributed by atoms with Gasteiger partial charge in [0, 0.05) is 12.8 Å². The number of unbranched alkanes of at least 4 members (excludes halogenated alkanes) is 6. The Morgan fingerprint density at radius 2 is 1.70 bits per heavy atom. The van der Waals surface area contributed by atoms with Crippen molar-refractivity contribution in [1.29, 1.82) is 0 Å². The number of carboxylic acid groups (broad SMARTS) is 1. The van der Waals surface area contributed by atoms with Gasteiger partial charge in [-0.3, -0.25) is 4.79 Å². The largest absolute Gasteiger partial charge is 0.481 e. The second kappa shape index (κ2) is 11.1. The molecule has 0 aliphatic rings. The first kappa shape index (κ1) is 19.5. The quantitative estimate of drug-likeness (QED) is 0.476. The number of hydrogen-bond donors (Lipinski definition) is 1. The Balaban J connectivity index is 2.17. The zero-order valence-electron chi connectivity index (χ0n) is 15.0. The van der Waals surface area contributed by atoms with E-state index in [2.05, 4.69) is 32.9 Å². The van der Waals surface area contributed by atoms with Crippen molar-refractivity contribution < 1.29 is 14.3 Å². The molecule has 0 saturated heterocycles. The normalized spacial score (nSPS) is 11.4. The molecule has 23 heavy (non-hydrogen) atoms. The van der Waals surface area contributed by atoms with Gasteiger partial charge in [0.05, 0.1) is 0 Å². The smallest absolute Gasteiger partial charge is 0.303 e. The second-order valence-corrected chi connectivity index (χ2v) is 6.35. The van der Waals surface area contributed by atoms with Crippen molar-refractivity contribution >= 4 is 12.0 Å². The predicted octanol–water partition coefficient (Wildman–Crippen LogP) is 6.07. The molecule has 130 valence electrons. The van der Waals surface area contributed by atoms with E-state index in [1.54, 1.807) is 0 Å². The first-order valence-electron chi connectivity index (χ1n) is 9.03. The Labute approximate surface area is 140 Å². The maximum Gasteiger partial charge on any atom is 0.303 e. The lowest BCUT2D eigenvalue weighted by atomic mass is 10.1. The Morgan fingerprint density at radius 1 is 1.04 bits per heavy atom. The Morgan fingerprint density at radius 3 is 2.35 bits per heavy atom. The van der Waals surface area contributed by atoms with Gasteiger partial charge in [-0.1, -0.05) is 38.7 Å². The summed E-state index contributed by atoms with van der Waals surface area (Å²) in [7, 11) is 0. The summed E-state index contributed by atoms with van der Waals surface area (Å²) >= 11 is 0. The molecule has 0 fully saturated rings. The minimum atomic E-state index is -0.680. The van der Waals surface area contributed by atoms with Crippen LogP contribution in [-0.4, -0.2) is 11.1 Å². The molecule has 1 aromatic heterocycles. The number of carbonyl (C=O) groups is 1. The van der Waals surface area contributed by atoms with Gasteiger partial charge in [-0.2, -0.15) is 0 Å². The van der Waals surface area contributed by atoms with E-state index in [0.717, 1.165) is 50.0 Å². The highest BCUT2D eigenvalue weighted by atomic mass is 16.4. The molecule has 0 radical (unpaired) electrons. The van der Waals surface area contributed by atoms with Gasteiger partial charge in [0.15, 0.2) is 0 Å². The summed E-state index contributed by atoms with van der Waals surface area (Å²) in [5.74, 6) is 1.46. The fourth-order valence-corrected chi connectivity index (χ4v) is 2.74. The topological polar surface area (TPSA) is 50.4 Å². The van der Waals surface area contributed by atoms with E-state index < -0.39 is 5.97 Å². The van der Waals surface area contributed by atoms with Gasteiger partial charge in [-0.05, 0) is 56.7 Å². The fraction of sp³-hybridized carbons (Fsp3) is 0.650. The average Bonchev–Trinajstić information content (AvgIpc) is 2.77. The number of aryl methyl sites for hydroxylation is 1. The van der Waals surface area contributed by atoms with Gasteiger partial charge in [0.25, 0.3) is 0 Å². The lowest BCUT2D eigenvalue weighted by molar-refractivity contribution is -0.137. The van der Waals surface area contributed by atoms with Crippen LogP contribution in [0.2, 0.25) is 0 Å². The van der Waals surface area contributed by atoms with Crippen LogP contribution in [0.15, 0.2) is 10.5 Å². The summed E-state index contributed by atoms with van der Waals surface area (Å²) in [5.41, 5.74) is 2.57. The highest BCUT2D eigenvalue weighted by Gasteiger charge is 2.10. The molecule has 3 nitrogen and oxygen atoms in total. The zero-order chi connectivity index (χ0) is 17.1. The lowest BCUT2D eigenvalue weighted by Crippen LogP contribution is -1.93. The summed E-state index contributed by atoms with van der Waals surface area (Å²) in [5, 5.41) is 8.56. The monoisotopic (exact) mass is 320 g/mol. The standard InChI is InChI=1S/C20H32O3/c1-4-13-18-16(2)17(3)19(23-18)14-11-9-7-5-6-8-10-12-15-20(21)22/h11,14H,4-10,12-13,15H2,1-3H3,(H,21,22)/b14-11+. The Hall–Kier alpha value is -1.51. The van der Waals surface area contributed by atoms with Gasteiger partial charge in [-0.15, -0.1) is 0 Å². The molecule has 0 aliphatic carbocycles. The van der Waals surface area contributed by atoms with Gasteiger partial charge < -0.3 is 9.52 Å². The third-order valence-corrected chi connectivity index (χ3v) is 4.34. The van der Waals surface area contributed by atoms with Crippen molar-refractivity contribution in [3.8, 4) is 0 Å². The molecule has 0 aliphatic heterocycles. The molecule has 0 aromatic carbocycles. The molecule has 1 N–H and O–H groups in total. The van der Waals surface area contributed by atoms with Crippen LogP contribution in [0.1, 0.15) is 87.4 Å². The van der Waals surface area contributed by atoms with E-state index in [1.165, 1.54) is 30.4 Å². The van der Waals surface area contributed by atoms with E-state index >= 15 is 0 Å². The molecule has 0 spiro atoms. The van der Waals surface area contributed by atoms with Crippen LogP contribution in [0.5, 0.6) is 0 Å². The van der Waals surface area contributed by atoms with Crippen LogP contribution in [0, 0.1) is 13.8 Å². The number of furan rings is 1. The van der Waals surface area contributed by atoms with Crippen LogP contribution in [0.25, 0.3) is 6.08 Å². The third-order valence-electron chi connectivity index (χ3n) is 4.34. The minimum absolute atomic E-state index is 0.310. The summed E-state index contributed by atoms with van der Waals surface area (Å²) < 4.78 is 5.94. The fourth-order valence-electron chi connectivity index (χ4n) is 2.74. The SMILES string of the molecule is CCCc1oc(/C=C/CCCCCCCCC(=O)O)c(C)c1C. The van der Waals surface area contributed by atoms with Gasteiger partial charge in [0.1, 0.15) is 11.5 Å². The van der Waals surface area contributed by atoms with Crippen LogP contribution in [0.4, 0.5) is 0 Å². The first-order chi connectivity index (χ1) is 11.1. The van der Waals surface area contributed by atoms with E-state index in [1.807, 2.05) is 0 Å². The van der Waals surface area contributed by atoms with Crippen molar-refractivity contribution in [1.82, 2.24) is 0 Å². The average molecular weight is 320 g/mol. The van der Waals surface area contributed by atoms with Gasteiger partial charge in [-0.25, -0.2) is 0 Å². The summed E-state index contributed by atoms with van der Waals surface area (Å²) in [6.45, 7) is 6.45. The molecule has 3 heteroatoms. The number of carboxylic acids is 1. The molecule has 1 rings (SSSR count). The Bertz CT molecular complexity index is 497. The number of rotatable bonds is 12. The zero-order valence-corrected chi connectivity index (χ0v) is 15.0. The van der Waals surface area contributed by atoms with Crippen molar-refractivity contribution in [2.24, 2.45) is 0 Å². The highest BCUT2D eigenvalue weighted by Crippen LogP contribution is 2.24. The molecular formula is C20H32O3. The van der Waals surface area contributed by atoms with Crippen LogP contribution in [-0.2, 0) is 11.2 Å². The molecule has 0 atom stereocenters. The molecule has 0 bridgehead atoms. The van der Waals surface area contributed by atoms with E-state index in [-0.39, 0.29) is 0 Å². The van der Waals surface area contributed by atoms with Crippen LogP contribution < -0.4 is 0 Å². The Kier molecular flexibility index (Phi) is 9.42. The van der Waals surface area contributed by atoms with Gasteiger partial charge in [0.2, 0.25) is 0 Å². The number of hydrogen-bond acceptors (Lipinski definition) is 2. The summed E-state index contributed by atoms with van der Waals surface area (Å²) in [4.78, 5) is 10.4. The van der Waals surface area contributed by atoms with E-state index in [9.17, 15) is 4.79 Å². The second-order valence-electron chi connectivity index (χ2n) is 6.35. The van der Waals surface area contributed by atoms with Crippen molar-refractivity contribution in [3.63, 3.8) is 0 Å². The lowest BCUT2D eigenvalue weighted by Gasteiger charge is -1.99. The molecule has 0 unspecified atom stereocenters. The van der Waals surface area contributed by atoms with E-state index in [4.69, 9.17) is 9.52 Å². The van der Waals surface area contributed by atoms with Crippen LogP contribution in [0.3, 0.4) is 0 Å². The summed E-state index contributed by atoms with van der Waals surface area (Å²) in [6.07, 6.45) is 14.5. The van der Waals surface area contributed by atoms with Crippen LogP contribution >= 0.6 is 0 Å². The molecule has 1 aromatic rings. The highest BCUT2D eigenvalue weighted by molar-refractivity contribution is 5.66. The molecule has 0 amide bonds. The van der Waals surface area contributed by atoms with Crippen molar-refractivity contribution in [2.45, 2.75) is 85.0 Å².